The van der Waals surface area contributed by atoms with Crippen molar-refractivity contribution >= 4 is 0 Å². The second-order valence-electron chi connectivity index (χ2n) is 12.0. The van der Waals surface area contributed by atoms with Crippen molar-refractivity contribution in [2.24, 2.45) is 11.3 Å². The average molecular weight is 513 g/mol. The predicted molar refractivity (Wildman–Crippen MR) is 127 cm³/mol. The van der Waals surface area contributed by atoms with Gasteiger partial charge in [0.15, 0.2) is 11.5 Å². The summed E-state index contributed by atoms with van der Waals surface area (Å²) in [6, 6.07) is 1.53. The Kier molecular flexibility index (Phi) is 7.15. The van der Waals surface area contributed by atoms with Crippen LogP contribution in [0.5, 0.6) is 11.5 Å². The molecule has 2 aliphatic carbocycles. The van der Waals surface area contributed by atoms with E-state index in [1.54, 1.807) is 0 Å². The number of aliphatic hydroxyl groups excluding tert-OH is 5. The SMILES string of the molecule is CC(C)(O)c1cc2c(c(O)c1OC1OC(CO)C(O)C(O)C1O)CC1(O)CCCC(C)(C)C1CC2O. The Bertz CT molecular complexity index is 970. The highest BCUT2D eigenvalue weighted by Crippen LogP contribution is 2.56. The summed E-state index contributed by atoms with van der Waals surface area (Å²) < 4.78 is 11.3. The van der Waals surface area contributed by atoms with Crippen LogP contribution in [0.15, 0.2) is 6.07 Å². The number of benzene rings is 1. The molecule has 10 nitrogen and oxygen atoms in total. The van der Waals surface area contributed by atoms with Gasteiger partial charge in [-0.2, -0.15) is 0 Å². The zero-order valence-corrected chi connectivity index (χ0v) is 21.3. The molecule has 0 bridgehead atoms. The van der Waals surface area contributed by atoms with E-state index in [1.807, 2.05) is 0 Å². The third-order valence-electron chi connectivity index (χ3n) is 8.46. The van der Waals surface area contributed by atoms with Crippen LogP contribution in [0.1, 0.15) is 76.2 Å². The molecular weight excluding hydrogens is 472 g/mol. The van der Waals surface area contributed by atoms with Gasteiger partial charge in [0, 0.05) is 17.5 Å². The van der Waals surface area contributed by atoms with Crippen LogP contribution >= 0.6 is 0 Å². The maximum Gasteiger partial charge on any atom is 0.229 e. The molecule has 36 heavy (non-hydrogen) atoms. The molecule has 8 N–H and O–H groups in total. The van der Waals surface area contributed by atoms with E-state index >= 15 is 0 Å². The summed E-state index contributed by atoms with van der Waals surface area (Å²) in [6.07, 6.45) is -6.30. The van der Waals surface area contributed by atoms with Crippen LogP contribution in [-0.4, -0.2) is 83.8 Å². The highest BCUT2D eigenvalue weighted by Gasteiger charge is 2.52. The van der Waals surface area contributed by atoms with Crippen molar-refractivity contribution in [3.05, 3.63) is 22.8 Å². The molecule has 0 aromatic heterocycles. The molecule has 3 aliphatic rings. The minimum absolute atomic E-state index is 0.0521. The monoisotopic (exact) mass is 512 g/mol. The maximum absolute atomic E-state index is 11.7. The molecule has 8 unspecified atom stereocenters. The predicted octanol–water partition coefficient (Wildman–Crippen LogP) is 0.335. The molecule has 0 radical (unpaired) electrons. The number of hydrogen-bond donors (Lipinski definition) is 8. The van der Waals surface area contributed by atoms with Crippen LogP contribution in [0, 0.1) is 11.3 Å². The van der Waals surface area contributed by atoms with Gasteiger partial charge >= 0.3 is 0 Å². The second kappa shape index (κ2) is 9.36. The number of hydrogen-bond acceptors (Lipinski definition) is 10. The molecule has 1 aromatic rings. The molecule has 1 aromatic carbocycles. The van der Waals surface area contributed by atoms with E-state index in [-0.39, 0.29) is 41.1 Å². The van der Waals surface area contributed by atoms with E-state index < -0.39 is 60.4 Å². The summed E-state index contributed by atoms with van der Waals surface area (Å²) in [4.78, 5) is 0. The first-order valence-electron chi connectivity index (χ1n) is 12.6. The van der Waals surface area contributed by atoms with Crippen molar-refractivity contribution in [3.8, 4) is 11.5 Å². The Balaban J connectivity index is 1.81. The van der Waals surface area contributed by atoms with E-state index in [0.29, 0.717) is 12.0 Å². The summed E-state index contributed by atoms with van der Waals surface area (Å²) in [7, 11) is 0. The van der Waals surface area contributed by atoms with Gasteiger partial charge in [-0.05, 0) is 56.1 Å². The molecule has 2 fully saturated rings. The largest absolute Gasteiger partial charge is 0.504 e. The third kappa shape index (κ3) is 4.63. The lowest BCUT2D eigenvalue weighted by Crippen LogP contribution is -2.60. The first-order chi connectivity index (χ1) is 16.6. The van der Waals surface area contributed by atoms with Crippen molar-refractivity contribution in [2.45, 2.75) is 108 Å². The lowest BCUT2D eigenvalue weighted by Gasteiger charge is -2.49. The Morgan fingerprint density at radius 2 is 1.75 bits per heavy atom. The third-order valence-corrected chi connectivity index (χ3v) is 8.46. The highest BCUT2D eigenvalue weighted by molar-refractivity contribution is 5.58. The van der Waals surface area contributed by atoms with Crippen molar-refractivity contribution in [1.82, 2.24) is 0 Å². The molecule has 1 aliphatic heterocycles. The zero-order chi connectivity index (χ0) is 26.8. The molecular formula is C26H40O10. The lowest BCUT2D eigenvalue weighted by atomic mass is 9.59. The number of phenols is 1. The highest BCUT2D eigenvalue weighted by atomic mass is 16.7. The van der Waals surface area contributed by atoms with E-state index in [0.717, 1.165) is 12.8 Å². The van der Waals surface area contributed by atoms with Crippen LogP contribution in [0.2, 0.25) is 0 Å². The van der Waals surface area contributed by atoms with Crippen LogP contribution in [0.25, 0.3) is 0 Å². The normalized spacial score (nSPS) is 38.6. The Hall–Kier alpha value is -1.50. The minimum Gasteiger partial charge on any atom is -0.504 e. The maximum atomic E-state index is 11.7. The second-order valence-corrected chi connectivity index (χ2v) is 12.0. The van der Waals surface area contributed by atoms with E-state index in [2.05, 4.69) is 13.8 Å². The topological polar surface area (TPSA) is 180 Å². The van der Waals surface area contributed by atoms with Gasteiger partial charge in [-0.1, -0.05) is 20.3 Å². The fourth-order valence-electron chi connectivity index (χ4n) is 6.38. The Morgan fingerprint density at radius 3 is 2.36 bits per heavy atom. The Morgan fingerprint density at radius 1 is 1.08 bits per heavy atom. The summed E-state index contributed by atoms with van der Waals surface area (Å²) in [5, 5.41) is 85.6. The van der Waals surface area contributed by atoms with Gasteiger partial charge in [-0.15, -0.1) is 0 Å². The molecule has 4 rings (SSSR count). The smallest absolute Gasteiger partial charge is 0.229 e. The number of rotatable bonds is 4. The zero-order valence-electron chi connectivity index (χ0n) is 21.3. The molecule has 1 heterocycles. The van der Waals surface area contributed by atoms with E-state index in [1.165, 1.54) is 19.9 Å². The average Bonchev–Trinajstić information content (AvgIpc) is 2.89. The van der Waals surface area contributed by atoms with Gasteiger partial charge in [-0.25, -0.2) is 0 Å². The molecule has 1 saturated carbocycles. The van der Waals surface area contributed by atoms with Crippen LogP contribution < -0.4 is 4.74 Å². The fourth-order valence-corrected chi connectivity index (χ4v) is 6.38. The summed E-state index contributed by atoms with van der Waals surface area (Å²) in [5.74, 6) is -0.894. The standard InChI is InChI=1S/C26H40O10/c1-24(2)6-5-7-26(34)10-13-12(15(28)9-17(24)26)8-14(25(3,4)33)22(18(13)29)36-23-21(32)20(31)19(30)16(11-27)35-23/h8,15-17,19-21,23,27-34H,5-7,9-11H2,1-4H3. The molecule has 0 spiro atoms. The van der Waals surface area contributed by atoms with Gasteiger partial charge < -0.3 is 50.3 Å². The lowest BCUT2D eigenvalue weighted by molar-refractivity contribution is -0.278. The first kappa shape index (κ1) is 27.5. The summed E-state index contributed by atoms with van der Waals surface area (Å²) in [6.45, 7) is 6.41. The van der Waals surface area contributed by atoms with Crippen LogP contribution in [0.3, 0.4) is 0 Å². The molecule has 8 atom stereocenters. The number of aromatic hydroxyl groups is 1. The van der Waals surface area contributed by atoms with Crippen LogP contribution in [-0.2, 0) is 16.8 Å². The van der Waals surface area contributed by atoms with Gasteiger partial charge in [0.1, 0.15) is 24.4 Å². The molecule has 0 amide bonds. The Labute approximate surface area is 210 Å². The minimum atomic E-state index is -1.73. The molecule has 10 heteroatoms. The number of aliphatic hydroxyl groups is 7. The number of phenolic OH excluding ortho intramolecular Hbond substituents is 1. The van der Waals surface area contributed by atoms with Gasteiger partial charge in [0.25, 0.3) is 0 Å². The quantitative estimate of drug-likeness (QED) is 0.280. The van der Waals surface area contributed by atoms with Crippen molar-refractivity contribution in [2.75, 3.05) is 6.61 Å². The number of ether oxygens (including phenoxy) is 2. The first-order valence-corrected chi connectivity index (χ1v) is 12.6. The van der Waals surface area contributed by atoms with Gasteiger partial charge in [0.2, 0.25) is 6.29 Å². The van der Waals surface area contributed by atoms with E-state index in [4.69, 9.17) is 9.47 Å². The van der Waals surface area contributed by atoms with Gasteiger partial charge in [0.05, 0.1) is 23.9 Å². The van der Waals surface area contributed by atoms with Crippen molar-refractivity contribution in [1.29, 1.82) is 0 Å². The number of fused-ring (bicyclic) bond motifs is 2. The van der Waals surface area contributed by atoms with Crippen LogP contribution in [0.4, 0.5) is 0 Å². The summed E-state index contributed by atoms with van der Waals surface area (Å²) in [5.41, 5.74) is -2.22. The van der Waals surface area contributed by atoms with Gasteiger partial charge in [-0.3, -0.25) is 0 Å². The molecule has 204 valence electrons. The van der Waals surface area contributed by atoms with E-state index in [9.17, 15) is 40.9 Å². The summed E-state index contributed by atoms with van der Waals surface area (Å²) >= 11 is 0. The fraction of sp³-hybridized carbons (Fsp3) is 0.769. The van der Waals surface area contributed by atoms with Crippen molar-refractivity contribution in [3.63, 3.8) is 0 Å². The molecule has 1 saturated heterocycles. The van der Waals surface area contributed by atoms with Crippen molar-refractivity contribution < 1.29 is 50.3 Å².